The molecular formula is C11H15N3O2. The number of aromatic nitrogens is 1. The van der Waals surface area contributed by atoms with E-state index in [0.29, 0.717) is 5.56 Å². The Morgan fingerprint density at radius 1 is 1.62 bits per heavy atom. The second kappa shape index (κ2) is 5.97. The van der Waals surface area contributed by atoms with Crippen molar-refractivity contribution in [2.75, 3.05) is 13.6 Å². The molecule has 0 spiro atoms. The molecule has 86 valence electrons. The van der Waals surface area contributed by atoms with E-state index >= 15 is 0 Å². The van der Waals surface area contributed by atoms with Crippen molar-refractivity contribution in [1.29, 1.82) is 0 Å². The number of nitro groups is 1. The molecule has 0 aliphatic heterocycles. The maximum atomic E-state index is 10.6. The predicted molar refractivity (Wildman–Crippen MR) is 63.2 cm³/mol. The van der Waals surface area contributed by atoms with Gasteiger partial charge in [0, 0.05) is 5.56 Å². The van der Waals surface area contributed by atoms with E-state index in [2.05, 4.69) is 10.3 Å². The molecule has 0 bridgehead atoms. The van der Waals surface area contributed by atoms with Crippen molar-refractivity contribution < 1.29 is 4.92 Å². The molecule has 0 saturated heterocycles. The average Bonchev–Trinajstić information content (AvgIpc) is 2.24. The van der Waals surface area contributed by atoms with E-state index in [-0.39, 0.29) is 5.69 Å². The normalized spacial score (nSPS) is 10.9. The first-order valence-electron chi connectivity index (χ1n) is 5.07. The van der Waals surface area contributed by atoms with E-state index in [1.54, 1.807) is 13.0 Å². The van der Waals surface area contributed by atoms with Crippen molar-refractivity contribution in [2.45, 2.75) is 13.3 Å². The van der Waals surface area contributed by atoms with Crippen molar-refractivity contribution in [3.63, 3.8) is 0 Å². The SMILES string of the molecule is CNCCC=Cc1cc(C)c([N+](=O)[O-])cn1. The molecule has 1 aromatic heterocycles. The summed E-state index contributed by atoms with van der Waals surface area (Å²) in [5.41, 5.74) is 1.44. The molecule has 1 aromatic rings. The maximum absolute atomic E-state index is 10.6. The van der Waals surface area contributed by atoms with Gasteiger partial charge in [0.05, 0.1) is 10.6 Å². The van der Waals surface area contributed by atoms with Crippen LogP contribution in [0.1, 0.15) is 17.7 Å². The van der Waals surface area contributed by atoms with Crippen LogP contribution in [0, 0.1) is 17.0 Å². The fourth-order valence-corrected chi connectivity index (χ4v) is 1.28. The van der Waals surface area contributed by atoms with Crippen LogP contribution in [0.25, 0.3) is 6.08 Å². The van der Waals surface area contributed by atoms with Gasteiger partial charge < -0.3 is 5.32 Å². The van der Waals surface area contributed by atoms with Gasteiger partial charge in [0.1, 0.15) is 6.20 Å². The Bertz CT molecular complexity index is 402. The molecule has 0 amide bonds. The van der Waals surface area contributed by atoms with Crippen molar-refractivity contribution >= 4 is 11.8 Å². The van der Waals surface area contributed by atoms with Crippen LogP contribution in [0.3, 0.4) is 0 Å². The number of nitrogens with zero attached hydrogens (tertiary/aromatic N) is 2. The summed E-state index contributed by atoms with van der Waals surface area (Å²) in [6.07, 6.45) is 6.07. The number of hydrogen-bond donors (Lipinski definition) is 1. The first-order valence-corrected chi connectivity index (χ1v) is 5.07. The van der Waals surface area contributed by atoms with Crippen molar-refractivity contribution in [3.8, 4) is 0 Å². The Morgan fingerprint density at radius 2 is 2.38 bits per heavy atom. The number of hydrogen-bond acceptors (Lipinski definition) is 4. The van der Waals surface area contributed by atoms with Gasteiger partial charge in [-0.1, -0.05) is 6.08 Å². The molecule has 1 rings (SSSR count). The Kier molecular flexibility index (Phi) is 4.60. The molecule has 0 unspecified atom stereocenters. The van der Waals surface area contributed by atoms with Crippen LogP contribution in [0.15, 0.2) is 18.3 Å². The molecule has 0 aliphatic rings. The van der Waals surface area contributed by atoms with E-state index < -0.39 is 4.92 Å². The van der Waals surface area contributed by atoms with Gasteiger partial charge in [0.25, 0.3) is 5.69 Å². The van der Waals surface area contributed by atoms with Crippen LogP contribution in [0.2, 0.25) is 0 Å². The highest BCUT2D eigenvalue weighted by Gasteiger charge is 2.09. The number of aryl methyl sites for hydroxylation is 1. The molecule has 16 heavy (non-hydrogen) atoms. The minimum atomic E-state index is -0.420. The van der Waals surface area contributed by atoms with Gasteiger partial charge in [0.2, 0.25) is 0 Å². The maximum Gasteiger partial charge on any atom is 0.290 e. The monoisotopic (exact) mass is 221 g/mol. The molecule has 1 heterocycles. The third-order valence-electron chi connectivity index (χ3n) is 2.15. The lowest BCUT2D eigenvalue weighted by Gasteiger charge is -1.98. The van der Waals surface area contributed by atoms with Crippen LogP contribution in [0.5, 0.6) is 0 Å². The summed E-state index contributed by atoms with van der Waals surface area (Å²) < 4.78 is 0. The molecule has 0 saturated carbocycles. The van der Waals surface area contributed by atoms with Gasteiger partial charge in [-0.25, -0.2) is 4.98 Å². The smallest absolute Gasteiger partial charge is 0.290 e. The van der Waals surface area contributed by atoms with Gasteiger partial charge >= 0.3 is 0 Å². The van der Waals surface area contributed by atoms with Gasteiger partial charge in [0.15, 0.2) is 0 Å². The van der Waals surface area contributed by atoms with Crippen LogP contribution in [-0.2, 0) is 0 Å². The fraction of sp³-hybridized carbons (Fsp3) is 0.364. The Morgan fingerprint density at radius 3 is 2.94 bits per heavy atom. The van der Waals surface area contributed by atoms with Crippen LogP contribution in [0.4, 0.5) is 5.69 Å². The lowest BCUT2D eigenvalue weighted by molar-refractivity contribution is -0.385. The molecule has 5 nitrogen and oxygen atoms in total. The second-order valence-electron chi connectivity index (χ2n) is 3.45. The topological polar surface area (TPSA) is 68.1 Å². The van der Waals surface area contributed by atoms with Gasteiger partial charge in [-0.05, 0) is 39.1 Å². The first-order chi connectivity index (χ1) is 7.65. The number of rotatable bonds is 5. The highest BCUT2D eigenvalue weighted by atomic mass is 16.6. The van der Waals surface area contributed by atoms with Gasteiger partial charge in [-0.15, -0.1) is 0 Å². The predicted octanol–water partition coefficient (Wildman–Crippen LogP) is 1.92. The molecule has 0 aliphatic carbocycles. The van der Waals surface area contributed by atoms with Crippen molar-refractivity contribution in [1.82, 2.24) is 10.3 Å². The van der Waals surface area contributed by atoms with Crippen molar-refractivity contribution in [2.24, 2.45) is 0 Å². The third kappa shape index (κ3) is 3.43. The Hall–Kier alpha value is -1.75. The zero-order valence-electron chi connectivity index (χ0n) is 9.43. The second-order valence-corrected chi connectivity index (χ2v) is 3.45. The largest absolute Gasteiger partial charge is 0.319 e. The molecule has 0 aromatic carbocycles. The van der Waals surface area contributed by atoms with E-state index in [1.165, 1.54) is 6.20 Å². The number of pyridine rings is 1. The van der Waals surface area contributed by atoms with Crippen LogP contribution >= 0.6 is 0 Å². The Balaban J connectivity index is 2.73. The van der Waals surface area contributed by atoms with Crippen LogP contribution < -0.4 is 5.32 Å². The zero-order chi connectivity index (χ0) is 12.0. The summed E-state index contributed by atoms with van der Waals surface area (Å²) in [7, 11) is 1.89. The molecule has 0 atom stereocenters. The lowest BCUT2D eigenvalue weighted by Crippen LogP contribution is -2.05. The quantitative estimate of drug-likeness (QED) is 0.468. The molecule has 5 heteroatoms. The summed E-state index contributed by atoms with van der Waals surface area (Å²) >= 11 is 0. The van der Waals surface area contributed by atoms with Gasteiger partial charge in [-0.2, -0.15) is 0 Å². The van der Waals surface area contributed by atoms with Gasteiger partial charge in [-0.3, -0.25) is 10.1 Å². The highest BCUT2D eigenvalue weighted by Crippen LogP contribution is 2.16. The summed E-state index contributed by atoms with van der Waals surface area (Å²) in [6.45, 7) is 2.62. The minimum absolute atomic E-state index is 0.0624. The summed E-state index contributed by atoms with van der Waals surface area (Å²) in [6, 6.07) is 1.72. The van der Waals surface area contributed by atoms with E-state index in [4.69, 9.17) is 0 Å². The third-order valence-corrected chi connectivity index (χ3v) is 2.15. The summed E-state index contributed by atoms with van der Waals surface area (Å²) in [4.78, 5) is 14.2. The van der Waals surface area contributed by atoms with Crippen LogP contribution in [-0.4, -0.2) is 23.5 Å². The average molecular weight is 221 g/mol. The first kappa shape index (κ1) is 12.3. The fourth-order valence-electron chi connectivity index (χ4n) is 1.28. The summed E-state index contributed by atoms with van der Waals surface area (Å²) in [5, 5.41) is 13.6. The Labute approximate surface area is 94.4 Å². The van der Waals surface area contributed by atoms with E-state index in [1.807, 2.05) is 19.2 Å². The lowest BCUT2D eigenvalue weighted by atomic mass is 10.2. The highest BCUT2D eigenvalue weighted by molar-refractivity contribution is 5.49. The molecule has 0 radical (unpaired) electrons. The molecule has 0 fully saturated rings. The number of nitrogens with one attached hydrogen (secondary N) is 1. The minimum Gasteiger partial charge on any atom is -0.319 e. The molecular weight excluding hydrogens is 206 g/mol. The summed E-state index contributed by atoms with van der Waals surface area (Å²) in [5.74, 6) is 0. The van der Waals surface area contributed by atoms with E-state index in [9.17, 15) is 10.1 Å². The molecule has 1 N–H and O–H groups in total. The standard InChI is InChI=1S/C11H15N3O2/c1-9-7-10(5-3-4-6-12-2)13-8-11(9)14(15)16/h3,5,7-8,12H,4,6H2,1-2H3. The zero-order valence-corrected chi connectivity index (χ0v) is 9.43. The van der Waals surface area contributed by atoms with E-state index in [0.717, 1.165) is 18.7 Å². The van der Waals surface area contributed by atoms with Crippen molar-refractivity contribution in [3.05, 3.63) is 39.7 Å².